The van der Waals surface area contributed by atoms with Crippen LogP contribution >= 0.6 is 0 Å². The molecule has 2 rings (SSSR count). The summed E-state index contributed by atoms with van der Waals surface area (Å²) in [4.78, 5) is 21.9. The first-order chi connectivity index (χ1) is 6.79. The number of fused-ring (bicyclic) bond motifs is 1. The Hall–Kier alpha value is -1.06. The number of rotatable bonds is 0. The van der Waals surface area contributed by atoms with E-state index >= 15 is 0 Å². The number of carbonyl (C=O) groups is 2. The molecule has 0 aromatic rings. The molecule has 1 atom stereocenters. The van der Waals surface area contributed by atoms with E-state index < -0.39 is 0 Å². The SMILES string of the molecule is O=C1CCCCC2CCCN12.O=CO. The van der Waals surface area contributed by atoms with E-state index in [9.17, 15) is 4.79 Å². The Morgan fingerprint density at radius 2 is 1.93 bits per heavy atom. The molecule has 0 bridgehead atoms. The number of amides is 1. The third-order valence-corrected chi connectivity index (χ3v) is 2.88. The Labute approximate surface area is 83.9 Å². The maximum atomic E-state index is 11.4. The van der Waals surface area contributed by atoms with Gasteiger partial charge in [-0.1, -0.05) is 6.42 Å². The molecule has 2 saturated heterocycles. The molecular formula is C10H17NO3. The second-order valence-electron chi connectivity index (χ2n) is 3.73. The molecule has 1 unspecified atom stereocenters. The quantitative estimate of drug-likeness (QED) is 0.597. The fraction of sp³-hybridized carbons (Fsp3) is 0.800. The zero-order chi connectivity index (χ0) is 10.4. The van der Waals surface area contributed by atoms with Crippen molar-refractivity contribution in [3.63, 3.8) is 0 Å². The van der Waals surface area contributed by atoms with E-state index in [-0.39, 0.29) is 6.47 Å². The van der Waals surface area contributed by atoms with Gasteiger partial charge in [-0.3, -0.25) is 9.59 Å². The van der Waals surface area contributed by atoms with Gasteiger partial charge in [0.2, 0.25) is 5.91 Å². The van der Waals surface area contributed by atoms with Crippen LogP contribution in [0, 0.1) is 0 Å². The van der Waals surface area contributed by atoms with Gasteiger partial charge in [0.25, 0.3) is 6.47 Å². The monoisotopic (exact) mass is 199 g/mol. The molecule has 0 saturated carbocycles. The van der Waals surface area contributed by atoms with Crippen LogP contribution in [0.3, 0.4) is 0 Å². The molecule has 0 aliphatic carbocycles. The van der Waals surface area contributed by atoms with Crippen LogP contribution in [0.4, 0.5) is 0 Å². The van der Waals surface area contributed by atoms with E-state index in [1.165, 1.54) is 25.7 Å². The van der Waals surface area contributed by atoms with Gasteiger partial charge < -0.3 is 10.0 Å². The lowest BCUT2D eigenvalue weighted by Gasteiger charge is -2.21. The summed E-state index contributed by atoms with van der Waals surface area (Å²) in [6.07, 6.45) is 6.92. The van der Waals surface area contributed by atoms with Crippen molar-refractivity contribution >= 4 is 12.4 Å². The van der Waals surface area contributed by atoms with Crippen molar-refractivity contribution in [1.82, 2.24) is 4.90 Å². The first kappa shape index (κ1) is 11.0. The van der Waals surface area contributed by atoms with Crippen LogP contribution < -0.4 is 0 Å². The highest BCUT2D eigenvalue weighted by Gasteiger charge is 2.29. The molecule has 1 amide bonds. The molecule has 14 heavy (non-hydrogen) atoms. The van der Waals surface area contributed by atoms with Crippen molar-refractivity contribution in [2.75, 3.05) is 6.54 Å². The highest BCUT2D eigenvalue weighted by molar-refractivity contribution is 5.77. The van der Waals surface area contributed by atoms with Crippen LogP contribution in [0.25, 0.3) is 0 Å². The van der Waals surface area contributed by atoms with E-state index in [2.05, 4.69) is 4.90 Å². The molecule has 0 spiro atoms. The van der Waals surface area contributed by atoms with Gasteiger partial charge in [-0.05, 0) is 25.7 Å². The summed E-state index contributed by atoms with van der Waals surface area (Å²) in [5.41, 5.74) is 0. The van der Waals surface area contributed by atoms with Gasteiger partial charge in [-0.15, -0.1) is 0 Å². The molecule has 2 aliphatic heterocycles. The van der Waals surface area contributed by atoms with Gasteiger partial charge in [0.15, 0.2) is 0 Å². The number of hydrogen-bond acceptors (Lipinski definition) is 2. The van der Waals surface area contributed by atoms with Crippen molar-refractivity contribution in [3.8, 4) is 0 Å². The summed E-state index contributed by atoms with van der Waals surface area (Å²) in [7, 11) is 0. The van der Waals surface area contributed by atoms with E-state index in [0.29, 0.717) is 11.9 Å². The van der Waals surface area contributed by atoms with Gasteiger partial charge >= 0.3 is 0 Å². The zero-order valence-electron chi connectivity index (χ0n) is 8.32. The Balaban J connectivity index is 0.000000293. The fourth-order valence-corrected chi connectivity index (χ4v) is 2.26. The standard InChI is InChI=1S/C9H15NO.CH2O2/c11-9-6-2-1-4-8-5-3-7-10(8)9;2-1-3/h8H,1-7H2;1H,(H,2,3). The van der Waals surface area contributed by atoms with Gasteiger partial charge in [0, 0.05) is 19.0 Å². The number of hydrogen-bond donors (Lipinski definition) is 1. The van der Waals surface area contributed by atoms with Gasteiger partial charge in [-0.25, -0.2) is 0 Å². The molecule has 0 aromatic carbocycles. The third-order valence-electron chi connectivity index (χ3n) is 2.88. The summed E-state index contributed by atoms with van der Waals surface area (Å²) < 4.78 is 0. The highest BCUT2D eigenvalue weighted by Crippen LogP contribution is 2.26. The minimum Gasteiger partial charge on any atom is -0.483 e. The predicted octanol–water partition coefficient (Wildman–Crippen LogP) is 1.25. The first-order valence-corrected chi connectivity index (χ1v) is 5.17. The van der Waals surface area contributed by atoms with Crippen molar-refractivity contribution in [1.29, 1.82) is 0 Å². The summed E-state index contributed by atoms with van der Waals surface area (Å²) in [6, 6.07) is 0.616. The summed E-state index contributed by atoms with van der Waals surface area (Å²) in [6.45, 7) is 0.781. The largest absolute Gasteiger partial charge is 0.483 e. The highest BCUT2D eigenvalue weighted by atomic mass is 16.3. The second kappa shape index (κ2) is 5.62. The normalized spacial score (nSPS) is 25.9. The molecule has 0 radical (unpaired) electrons. The zero-order valence-corrected chi connectivity index (χ0v) is 8.32. The number of carbonyl (C=O) groups excluding carboxylic acids is 1. The van der Waals surface area contributed by atoms with Crippen LogP contribution in [-0.4, -0.2) is 35.0 Å². The van der Waals surface area contributed by atoms with Crippen molar-refractivity contribution < 1.29 is 14.7 Å². The van der Waals surface area contributed by atoms with Crippen LogP contribution in [0.15, 0.2) is 0 Å². The van der Waals surface area contributed by atoms with Crippen molar-refractivity contribution in [2.24, 2.45) is 0 Å². The smallest absolute Gasteiger partial charge is 0.290 e. The molecular weight excluding hydrogens is 182 g/mol. The van der Waals surface area contributed by atoms with Gasteiger partial charge in [-0.2, -0.15) is 0 Å². The van der Waals surface area contributed by atoms with E-state index in [4.69, 9.17) is 9.90 Å². The van der Waals surface area contributed by atoms with Crippen LogP contribution in [-0.2, 0) is 9.59 Å². The van der Waals surface area contributed by atoms with Crippen molar-refractivity contribution in [3.05, 3.63) is 0 Å². The Bertz CT molecular complexity index is 206. The minimum absolute atomic E-state index is 0.250. The average molecular weight is 199 g/mol. The lowest BCUT2D eigenvalue weighted by Crippen LogP contribution is -2.33. The molecule has 1 N–H and O–H groups in total. The predicted molar refractivity (Wildman–Crippen MR) is 51.9 cm³/mol. The Morgan fingerprint density at radius 1 is 1.29 bits per heavy atom. The fourth-order valence-electron chi connectivity index (χ4n) is 2.26. The molecule has 2 heterocycles. The molecule has 2 aliphatic rings. The first-order valence-electron chi connectivity index (χ1n) is 5.17. The van der Waals surface area contributed by atoms with Gasteiger partial charge in [0.05, 0.1) is 0 Å². The van der Waals surface area contributed by atoms with Gasteiger partial charge in [0.1, 0.15) is 0 Å². The summed E-state index contributed by atoms with van der Waals surface area (Å²) in [5.74, 6) is 0.407. The van der Waals surface area contributed by atoms with Crippen LogP contribution in [0.5, 0.6) is 0 Å². The van der Waals surface area contributed by atoms with Crippen LogP contribution in [0.1, 0.15) is 38.5 Å². The Kier molecular flexibility index (Phi) is 4.43. The molecule has 4 heteroatoms. The minimum atomic E-state index is -0.250. The van der Waals surface area contributed by atoms with E-state index in [0.717, 1.165) is 19.4 Å². The van der Waals surface area contributed by atoms with E-state index in [1.807, 2.05) is 0 Å². The molecule has 4 nitrogen and oxygen atoms in total. The Morgan fingerprint density at radius 3 is 2.64 bits per heavy atom. The lowest BCUT2D eigenvalue weighted by atomic mass is 10.1. The third kappa shape index (κ3) is 2.72. The van der Waals surface area contributed by atoms with E-state index in [1.54, 1.807) is 0 Å². The maximum Gasteiger partial charge on any atom is 0.290 e. The molecule has 0 aromatic heterocycles. The number of carboxylic acid groups (broad SMARTS) is 1. The van der Waals surface area contributed by atoms with Crippen LogP contribution in [0.2, 0.25) is 0 Å². The lowest BCUT2D eigenvalue weighted by molar-refractivity contribution is -0.131. The topological polar surface area (TPSA) is 57.6 Å². The molecule has 2 fully saturated rings. The summed E-state index contributed by atoms with van der Waals surface area (Å²) >= 11 is 0. The summed E-state index contributed by atoms with van der Waals surface area (Å²) in [5, 5.41) is 6.89. The second-order valence-corrected chi connectivity index (χ2v) is 3.73. The average Bonchev–Trinajstić information content (AvgIpc) is 2.55. The molecule has 80 valence electrons. The van der Waals surface area contributed by atoms with Crippen molar-refractivity contribution in [2.45, 2.75) is 44.6 Å². The maximum absolute atomic E-state index is 11.4. The number of nitrogens with zero attached hydrogens (tertiary/aromatic N) is 1.